The lowest BCUT2D eigenvalue weighted by molar-refractivity contribution is -0.139. The van der Waals surface area contributed by atoms with E-state index in [9.17, 15) is 4.79 Å². The number of ether oxygens (including phenoxy) is 1. The summed E-state index contributed by atoms with van der Waals surface area (Å²) in [5.74, 6) is -0.223. The molecule has 1 aromatic rings. The van der Waals surface area contributed by atoms with Crippen LogP contribution < -0.4 is 0 Å². The van der Waals surface area contributed by atoms with E-state index in [-0.39, 0.29) is 18.0 Å². The zero-order chi connectivity index (χ0) is 10.8. The largest absolute Gasteiger partial charge is 0.458 e. The summed E-state index contributed by atoms with van der Waals surface area (Å²) in [6, 6.07) is 9.93. The molecule has 0 aromatic heterocycles. The summed E-state index contributed by atoms with van der Waals surface area (Å²) in [5.41, 5.74) is 1.69. The highest BCUT2D eigenvalue weighted by molar-refractivity contribution is 5.92. The molecular weight excluding hydrogens is 188 g/mol. The van der Waals surface area contributed by atoms with Crippen LogP contribution in [0.3, 0.4) is 0 Å². The summed E-state index contributed by atoms with van der Waals surface area (Å²) >= 11 is 0. The monoisotopic (exact) mass is 202 g/mol. The number of benzene rings is 1. The summed E-state index contributed by atoms with van der Waals surface area (Å²) in [6.07, 6.45) is 0.775. The third-order valence-electron chi connectivity index (χ3n) is 2.83. The first-order valence-corrected chi connectivity index (χ1v) is 5.18. The van der Waals surface area contributed by atoms with Gasteiger partial charge in [0, 0.05) is 5.57 Å². The second-order valence-corrected chi connectivity index (χ2v) is 3.77. The van der Waals surface area contributed by atoms with Gasteiger partial charge in [-0.1, -0.05) is 43.8 Å². The van der Waals surface area contributed by atoms with Gasteiger partial charge >= 0.3 is 5.97 Å². The average molecular weight is 202 g/mol. The van der Waals surface area contributed by atoms with Crippen LogP contribution in [0.5, 0.6) is 0 Å². The average Bonchev–Trinajstić information content (AvgIpc) is 2.56. The van der Waals surface area contributed by atoms with Crippen LogP contribution in [0.1, 0.15) is 24.8 Å². The molecule has 1 saturated heterocycles. The minimum absolute atomic E-state index is 0.0312. The fourth-order valence-corrected chi connectivity index (χ4v) is 2.03. The normalized spacial score (nSPS) is 25.4. The molecule has 1 fully saturated rings. The van der Waals surface area contributed by atoms with Crippen molar-refractivity contribution in [3.05, 3.63) is 48.0 Å². The number of esters is 1. The minimum Gasteiger partial charge on any atom is -0.458 e. The molecule has 2 nitrogen and oxygen atoms in total. The minimum atomic E-state index is -0.254. The van der Waals surface area contributed by atoms with E-state index >= 15 is 0 Å². The number of carbonyl (C=O) groups excluding carboxylic acids is 1. The molecule has 2 unspecified atom stereocenters. The summed E-state index contributed by atoms with van der Waals surface area (Å²) in [7, 11) is 0. The van der Waals surface area contributed by atoms with E-state index in [4.69, 9.17) is 4.74 Å². The molecule has 0 saturated carbocycles. The highest BCUT2D eigenvalue weighted by atomic mass is 16.6. The standard InChI is InChI=1S/C13H14O2/c1-3-11-12(9(2)13(14)15-11)10-7-5-4-6-8-10/h4-8,11-12H,2-3H2,1H3. The quantitative estimate of drug-likeness (QED) is 0.544. The van der Waals surface area contributed by atoms with Crippen LogP contribution in [0.4, 0.5) is 0 Å². The number of carbonyl (C=O) groups is 1. The molecule has 0 bridgehead atoms. The Balaban J connectivity index is 2.35. The van der Waals surface area contributed by atoms with Gasteiger partial charge in [-0.2, -0.15) is 0 Å². The Morgan fingerprint density at radius 1 is 1.33 bits per heavy atom. The molecule has 0 spiro atoms. The van der Waals surface area contributed by atoms with Gasteiger partial charge in [0.2, 0.25) is 0 Å². The molecule has 0 radical (unpaired) electrons. The van der Waals surface area contributed by atoms with Crippen LogP contribution >= 0.6 is 0 Å². The van der Waals surface area contributed by atoms with E-state index in [1.54, 1.807) is 0 Å². The van der Waals surface area contributed by atoms with E-state index < -0.39 is 0 Å². The Morgan fingerprint density at radius 3 is 2.60 bits per heavy atom. The van der Waals surface area contributed by atoms with Crippen molar-refractivity contribution >= 4 is 5.97 Å². The Labute approximate surface area is 89.6 Å². The van der Waals surface area contributed by atoms with E-state index in [0.29, 0.717) is 5.57 Å². The SMILES string of the molecule is C=C1C(=O)OC(CC)C1c1ccccc1. The Morgan fingerprint density at radius 2 is 2.00 bits per heavy atom. The molecule has 2 atom stereocenters. The first-order chi connectivity index (χ1) is 7.24. The maximum Gasteiger partial charge on any atom is 0.334 e. The fraction of sp³-hybridized carbons (Fsp3) is 0.308. The first-order valence-electron chi connectivity index (χ1n) is 5.18. The topological polar surface area (TPSA) is 26.3 Å². The van der Waals surface area contributed by atoms with Crippen molar-refractivity contribution in [1.29, 1.82) is 0 Å². The number of cyclic esters (lactones) is 1. The van der Waals surface area contributed by atoms with Crippen molar-refractivity contribution in [2.24, 2.45) is 0 Å². The van der Waals surface area contributed by atoms with Crippen LogP contribution in [-0.4, -0.2) is 12.1 Å². The molecule has 78 valence electrons. The molecular formula is C13H14O2. The van der Waals surface area contributed by atoms with Crippen molar-refractivity contribution < 1.29 is 9.53 Å². The molecule has 2 rings (SSSR count). The second-order valence-electron chi connectivity index (χ2n) is 3.77. The molecule has 2 heteroatoms. The fourth-order valence-electron chi connectivity index (χ4n) is 2.03. The van der Waals surface area contributed by atoms with Crippen LogP contribution in [0, 0.1) is 0 Å². The zero-order valence-corrected chi connectivity index (χ0v) is 8.77. The predicted molar refractivity (Wildman–Crippen MR) is 58.5 cm³/mol. The molecule has 1 aromatic carbocycles. The van der Waals surface area contributed by atoms with E-state index in [1.807, 2.05) is 37.3 Å². The summed E-state index contributed by atoms with van der Waals surface area (Å²) in [4.78, 5) is 11.4. The highest BCUT2D eigenvalue weighted by Gasteiger charge is 2.38. The van der Waals surface area contributed by atoms with Gasteiger partial charge in [-0.05, 0) is 12.0 Å². The van der Waals surface area contributed by atoms with Crippen LogP contribution in [0.15, 0.2) is 42.5 Å². The summed E-state index contributed by atoms with van der Waals surface area (Å²) in [5, 5.41) is 0. The van der Waals surface area contributed by atoms with Crippen molar-refractivity contribution in [3.8, 4) is 0 Å². The summed E-state index contributed by atoms with van der Waals surface area (Å²) in [6.45, 7) is 5.84. The van der Waals surface area contributed by atoms with E-state index in [1.165, 1.54) is 0 Å². The molecule has 0 aliphatic carbocycles. The van der Waals surface area contributed by atoms with Crippen LogP contribution in [0.25, 0.3) is 0 Å². The Kier molecular flexibility index (Phi) is 2.58. The van der Waals surface area contributed by atoms with Gasteiger partial charge in [0.05, 0.1) is 5.92 Å². The van der Waals surface area contributed by atoms with E-state index in [2.05, 4.69) is 6.58 Å². The molecule has 0 N–H and O–H groups in total. The predicted octanol–water partition coefficient (Wildman–Crippen LogP) is 2.66. The number of rotatable bonds is 2. The highest BCUT2D eigenvalue weighted by Crippen LogP contribution is 2.36. The molecule has 0 amide bonds. The van der Waals surface area contributed by atoms with Gasteiger partial charge in [-0.15, -0.1) is 0 Å². The lowest BCUT2D eigenvalue weighted by Crippen LogP contribution is -2.13. The zero-order valence-electron chi connectivity index (χ0n) is 8.77. The first kappa shape index (κ1) is 9.97. The smallest absolute Gasteiger partial charge is 0.334 e. The molecule has 15 heavy (non-hydrogen) atoms. The van der Waals surface area contributed by atoms with Crippen molar-refractivity contribution in [1.82, 2.24) is 0 Å². The number of hydrogen-bond donors (Lipinski definition) is 0. The van der Waals surface area contributed by atoms with Gasteiger partial charge in [0.15, 0.2) is 0 Å². The molecule has 1 heterocycles. The van der Waals surface area contributed by atoms with Crippen molar-refractivity contribution in [2.75, 3.05) is 0 Å². The lowest BCUT2D eigenvalue weighted by Gasteiger charge is -2.15. The van der Waals surface area contributed by atoms with Crippen molar-refractivity contribution in [3.63, 3.8) is 0 Å². The summed E-state index contributed by atoms with van der Waals surface area (Å²) < 4.78 is 5.25. The second kappa shape index (κ2) is 3.89. The Hall–Kier alpha value is -1.57. The Bertz CT molecular complexity index is 381. The molecule has 1 aliphatic heterocycles. The van der Waals surface area contributed by atoms with Crippen LogP contribution in [-0.2, 0) is 9.53 Å². The van der Waals surface area contributed by atoms with Crippen LogP contribution in [0.2, 0.25) is 0 Å². The van der Waals surface area contributed by atoms with E-state index in [0.717, 1.165) is 12.0 Å². The maximum atomic E-state index is 11.4. The third-order valence-corrected chi connectivity index (χ3v) is 2.83. The maximum absolute atomic E-state index is 11.4. The van der Waals surface area contributed by atoms with Gasteiger partial charge in [0.1, 0.15) is 6.10 Å². The molecule has 1 aliphatic rings. The van der Waals surface area contributed by atoms with Gasteiger partial charge in [0.25, 0.3) is 0 Å². The van der Waals surface area contributed by atoms with Gasteiger partial charge in [-0.25, -0.2) is 4.79 Å². The third kappa shape index (κ3) is 1.67. The van der Waals surface area contributed by atoms with Gasteiger partial charge < -0.3 is 4.74 Å². The van der Waals surface area contributed by atoms with Gasteiger partial charge in [-0.3, -0.25) is 0 Å². The number of hydrogen-bond acceptors (Lipinski definition) is 2. The van der Waals surface area contributed by atoms with Crippen molar-refractivity contribution in [2.45, 2.75) is 25.4 Å². The lowest BCUT2D eigenvalue weighted by atomic mass is 9.88.